The second-order valence-corrected chi connectivity index (χ2v) is 6.68. The number of rotatable bonds is 4. The molecule has 0 atom stereocenters. The first kappa shape index (κ1) is 17.2. The van der Waals surface area contributed by atoms with Crippen molar-refractivity contribution < 1.29 is 0 Å². The van der Waals surface area contributed by atoms with Gasteiger partial charge in [0.15, 0.2) is 5.65 Å². The minimum atomic E-state index is -0.251. The van der Waals surface area contributed by atoms with E-state index in [1.54, 1.807) is 10.6 Å². The van der Waals surface area contributed by atoms with E-state index in [9.17, 15) is 9.59 Å². The molecule has 0 spiro atoms. The Hall–Kier alpha value is -3.21. The number of pyridine rings is 1. The first-order chi connectivity index (χ1) is 13.1. The van der Waals surface area contributed by atoms with Gasteiger partial charge in [0, 0.05) is 25.4 Å². The summed E-state index contributed by atoms with van der Waals surface area (Å²) in [5, 5.41) is 0.715. The molecule has 5 nitrogen and oxygen atoms in total. The maximum Gasteiger partial charge on any atom is 0.266 e. The maximum atomic E-state index is 13.3. The number of nitrogens with zero attached hydrogens (tertiary/aromatic N) is 3. The molecule has 0 aliphatic carbocycles. The minimum Gasteiger partial charge on any atom is -0.328 e. The van der Waals surface area contributed by atoms with Crippen molar-refractivity contribution in [3.8, 4) is 0 Å². The Morgan fingerprint density at radius 3 is 2.41 bits per heavy atom. The van der Waals surface area contributed by atoms with Crippen molar-refractivity contribution in [2.45, 2.75) is 26.3 Å². The Labute approximate surface area is 156 Å². The van der Waals surface area contributed by atoms with Crippen LogP contribution in [0.1, 0.15) is 18.3 Å². The number of aromatic nitrogens is 3. The molecule has 2 aromatic carbocycles. The molecule has 0 aliphatic rings. The average Bonchev–Trinajstić information content (AvgIpc) is 2.71. The van der Waals surface area contributed by atoms with Crippen molar-refractivity contribution in [2.24, 2.45) is 7.05 Å². The predicted molar refractivity (Wildman–Crippen MR) is 108 cm³/mol. The maximum absolute atomic E-state index is 13.3. The number of fused-ring (bicyclic) bond motifs is 2. The molecule has 0 unspecified atom stereocenters. The summed E-state index contributed by atoms with van der Waals surface area (Å²) in [4.78, 5) is 31.0. The van der Waals surface area contributed by atoms with Crippen LogP contribution in [0.15, 0.2) is 64.2 Å². The van der Waals surface area contributed by atoms with Gasteiger partial charge in [-0.3, -0.25) is 14.2 Å². The lowest BCUT2D eigenvalue weighted by molar-refractivity contribution is 0.619. The zero-order chi connectivity index (χ0) is 19.0. The van der Waals surface area contributed by atoms with Crippen LogP contribution in [0.4, 0.5) is 0 Å². The normalized spacial score (nSPS) is 11.3. The monoisotopic (exact) mass is 359 g/mol. The fraction of sp³-hybridized carbons (Fsp3) is 0.227. The quantitative estimate of drug-likeness (QED) is 0.526. The van der Waals surface area contributed by atoms with Gasteiger partial charge in [-0.2, -0.15) is 0 Å². The molecular formula is C22H21N3O2. The summed E-state index contributed by atoms with van der Waals surface area (Å²) in [5.41, 5.74) is 1.90. The number of benzene rings is 2. The van der Waals surface area contributed by atoms with E-state index in [0.29, 0.717) is 29.8 Å². The number of hydrogen-bond donors (Lipinski definition) is 0. The van der Waals surface area contributed by atoms with Gasteiger partial charge in [0.05, 0.1) is 5.52 Å². The van der Waals surface area contributed by atoms with E-state index in [0.717, 1.165) is 17.5 Å². The molecule has 0 radical (unpaired) electrons. The molecule has 4 rings (SSSR count). The van der Waals surface area contributed by atoms with Gasteiger partial charge < -0.3 is 4.57 Å². The largest absolute Gasteiger partial charge is 0.328 e. The average molecular weight is 359 g/mol. The van der Waals surface area contributed by atoms with Crippen LogP contribution in [0.25, 0.3) is 21.9 Å². The van der Waals surface area contributed by atoms with Crippen LogP contribution >= 0.6 is 0 Å². The zero-order valence-corrected chi connectivity index (χ0v) is 15.5. The third-order valence-electron chi connectivity index (χ3n) is 5.07. The molecule has 0 amide bonds. The summed E-state index contributed by atoms with van der Waals surface area (Å²) in [6.45, 7) is 2.48. The topological polar surface area (TPSA) is 56.9 Å². The minimum absolute atomic E-state index is 0.168. The van der Waals surface area contributed by atoms with Crippen LogP contribution in [-0.2, 0) is 26.4 Å². The summed E-state index contributed by atoms with van der Waals surface area (Å²) in [5.74, 6) is 0.703. The van der Waals surface area contributed by atoms with Crippen molar-refractivity contribution in [2.75, 3.05) is 0 Å². The van der Waals surface area contributed by atoms with Crippen LogP contribution in [0.2, 0.25) is 0 Å². The van der Waals surface area contributed by atoms with E-state index in [1.165, 1.54) is 0 Å². The Kier molecular flexibility index (Phi) is 4.36. The lowest BCUT2D eigenvalue weighted by Gasteiger charge is -2.15. The molecule has 2 aromatic heterocycles. The van der Waals surface area contributed by atoms with Gasteiger partial charge in [0.25, 0.3) is 5.56 Å². The summed E-state index contributed by atoms with van der Waals surface area (Å²) in [6.07, 6.45) is 1.34. The van der Waals surface area contributed by atoms with Gasteiger partial charge in [-0.05, 0) is 24.1 Å². The lowest BCUT2D eigenvalue weighted by atomic mass is 10.1. The fourth-order valence-electron chi connectivity index (χ4n) is 3.62. The van der Waals surface area contributed by atoms with E-state index in [4.69, 9.17) is 4.98 Å². The summed E-state index contributed by atoms with van der Waals surface area (Å²) in [6, 6.07) is 17.4. The van der Waals surface area contributed by atoms with Gasteiger partial charge in [-0.25, -0.2) is 4.98 Å². The van der Waals surface area contributed by atoms with Crippen LogP contribution in [0.5, 0.6) is 0 Å². The van der Waals surface area contributed by atoms with Crippen molar-refractivity contribution in [1.82, 2.24) is 14.1 Å². The van der Waals surface area contributed by atoms with Crippen molar-refractivity contribution in [1.29, 1.82) is 0 Å². The van der Waals surface area contributed by atoms with Gasteiger partial charge in [0.1, 0.15) is 11.2 Å². The first-order valence-corrected chi connectivity index (χ1v) is 9.17. The smallest absolute Gasteiger partial charge is 0.266 e. The molecule has 4 aromatic rings. The van der Waals surface area contributed by atoms with Crippen LogP contribution in [0, 0.1) is 0 Å². The van der Waals surface area contributed by atoms with Crippen LogP contribution in [0.3, 0.4) is 0 Å². The standard InChI is InChI=1S/C22H21N3O2/c1-3-18-23-21-19(20(26)16-11-7-8-12-17(16)24(21)2)22(27)25(18)14-13-15-9-5-4-6-10-15/h4-12H,3,13-14H2,1-2H3. The summed E-state index contributed by atoms with van der Waals surface area (Å²) in [7, 11) is 1.85. The molecule has 0 N–H and O–H groups in total. The fourth-order valence-corrected chi connectivity index (χ4v) is 3.62. The molecule has 136 valence electrons. The first-order valence-electron chi connectivity index (χ1n) is 9.17. The molecule has 0 aliphatic heterocycles. The molecule has 0 saturated heterocycles. The number of hydrogen-bond acceptors (Lipinski definition) is 3. The lowest BCUT2D eigenvalue weighted by Crippen LogP contribution is -2.31. The summed E-state index contributed by atoms with van der Waals surface area (Å²) < 4.78 is 3.50. The Bertz CT molecular complexity index is 1250. The molecule has 27 heavy (non-hydrogen) atoms. The third kappa shape index (κ3) is 2.85. The Morgan fingerprint density at radius 1 is 0.963 bits per heavy atom. The van der Waals surface area contributed by atoms with Crippen LogP contribution < -0.4 is 11.0 Å². The second-order valence-electron chi connectivity index (χ2n) is 6.68. The summed E-state index contributed by atoms with van der Waals surface area (Å²) >= 11 is 0. The van der Waals surface area contributed by atoms with Gasteiger partial charge in [0.2, 0.25) is 5.43 Å². The molecule has 0 saturated carbocycles. The van der Waals surface area contributed by atoms with E-state index in [1.807, 2.05) is 67.1 Å². The zero-order valence-electron chi connectivity index (χ0n) is 15.5. The number of para-hydroxylation sites is 1. The van der Waals surface area contributed by atoms with Crippen molar-refractivity contribution in [3.63, 3.8) is 0 Å². The highest BCUT2D eigenvalue weighted by atomic mass is 16.1. The van der Waals surface area contributed by atoms with Gasteiger partial charge >= 0.3 is 0 Å². The highest BCUT2D eigenvalue weighted by Crippen LogP contribution is 2.15. The van der Waals surface area contributed by atoms with E-state index < -0.39 is 0 Å². The second kappa shape index (κ2) is 6.83. The van der Waals surface area contributed by atoms with Crippen LogP contribution in [-0.4, -0.2) is 14.1 Å². The van der Waals surface area contributed by atoms with Gasteiger partial charge in [-0.1, -0.05) is 49.4 Å². The van der Waals surface area contributed by atoms with E-state index in [-0.39, 0.29) is 16.4 Å². The molecule has 0 fully saturated rings. The molecule has 0 bridgehead atoms. The Balaban J connectivity index is 1.96. The van der Waals surface area contributed by atoms with Gasteiger partial charge in [-0.15, -0.1) is 0 Å². The highest BCUT2D eigenvalue weighted by Gasteiger charge is 2.17. The van der Waals surface area contributed by atoms with E-state index in [2.05, 4.69) is 0 Å². The Morgan fingerprint density at radius 2 is 1.67 bits per heavy atom. The van der Waals surface area contributed by atoms with Crippen molar-refractivity contribution in [3.05, 3.63) is 86.6 Å². The molecule has 2 heterocycles. The third-order valence-corrected chi connectivity index (χ3v) is 5.07. The molecular weight excluding hydrogens is 338 g/mol. The van der Waals surface area contributed by atoms with Crippen molar-refractivity contribution >= 4 is 21.9 Å². The predicted octanol–water partition coefficient (Wildman–Crippen LogP) is 3.05. The number of aryl methyl sites for hydroxylation is 3. The molecule has 5 heteroatoms. The SMILES string of the molecule is CCc1nc2c(c(=O)c3ccccc3n2C)c(=O)n1CCc1ccccc1. The highest BCUT2D eigenvalue weighted by molar-refractivity contribution is 5.91. The van der Waals surface area contributed by atoms with E-state index >= 15 is 0 Å².